The fourth-order valence-electron chi connectivity index (χ4n) is 1.28. The lowest BCUT2D eigenvalue weighted by atomic mass is 10.1. The van der Waals surface area contributed by atoms with Gasteiger partial charge in [-0.05, 0) is 18.6 Å². The molecule has 0 spiro atoms. The largest absolute Gasteiger partial charge is 0.428 e. The van der Waals surface area contributed by atoms with Crippen LogP contribution in [0, 0.1) is 6.92 Å². The van der Waals surface area contributed by atoms with E-state index < -0.39 is 0 Å². The van der Waals surface area contributed by atoms with E-state index in [1.807, 2.05) is 25.1 Å². The second kappa shape index (κ2) is 3.96. The standard InChI is InChI=1S/C11H10N2O2/c1-8-4-2-3-5-9(8)11(14)13-10-6-12-7-15-10/h2-7H,1H3,(H,13,14). The summed E-state index contributed by atoms with van der Waals surface area (Å²) in [5, 5.41) is 2.61. The number of benzene rings is 1. The van der Waals surface area contributed by atoms with Crippen LogP contribution in [0.5, 0.6) is 0 Å². The summed E-state index contributed by atoms with van der Waals surface area (Å²) < 4.78 is 4.92. The Morgan fingerprint density at radius 1 is 1.40 bits per heavy atom. The number of anilines is 1. The Balaban J connectivity index is 2.19. The molecule has 2 aromatic rings. The first-order chi connectivity index (χ1) is 7.27. The van der Waals surface area contributed by atoms with E-state index in [9.17, 15) is 4.79 Å². The van der Waals surface area contributed by atoms with Crippen molar-refractivity contribution in [1.29, 1.82) is 0 Å². The van der Waals surface area contributed by atoms with Gasteiger partial charge in [0.2, 0.25) is 5.88 Å². The van der Waals surface area contributed by atoms with Crippen LogP contribution >= 0.6 is 0 Å². The summed E-state index contributed by atoms with van der Waals surface area (Å²) in [4.78, 5) is 15.4. The van der Waals surface area contributed by atoms with E-state index in [1.54, 1.807) is 6.07 Å². The SMILES string of the molecule is Cc1ccccc1C(=O)Nc1cnco1. The van der Waals surface area contributed by atoms with Crippen LogP contribution in [0.15, 0.2) is 41.3 Å². The lowest BCUT2D eigenvalue weighted by molar-refractivity contribution is 0.102. The normalized spacial score (nSPS) is 9.93. The smallest absolute Gasteiger partial charge is 0.258 e. The van der Waals surface area contributed by atoms with Gasteiger partial charge in [-0.15, -0.1) is 0 Å². The third kappa shape index (κ3) is 2.04. The zero-order chi connectivity index (χ0) is 10.7. The van der Waals surface area contributed by atoms with Crippen molar-refractivity contribution < 1.29 is 9.21 Å². The highest BCUT2D eigenvalue weighted by molar-refractivity contribution is 6.04. The molecule has 0 fully saturated rings. The van der Waals surface area contributed by atoms with Gasteiger partial charge in [-0.25, -0.2) is 4.98 Å². The maximum Gasteiger partial charge on any atom is 0.258 e. The Morgan fingerprint density at radius 3 is 2.87 bits per heavy atom. The summed E-state index contributed by atoms with van der Waals surface area (Å²) in [6.07, 6.45) is 2.73. The van der Waals surface area contributed by atoms with Gasteiger partial charge in [-0.1, -0.05) is 18.2 Å². The number of oxazole rings is 1. The van der Waals surface area contributed by atoms with Gasteiger partial charge in [-0.2, -0.15) is 0 Å². The van der Waals surface area contributed by atoms with Gasteiger partial charge in [0, 0.05) is 5.56 Å². The Kier molecular flexibility index (Phi) is 2.49. The summed E-state index contributed by atoms with van der Waals surface area (Å²) in [6.45, 7) is 1.88. The molecule has 76 valence electrons. The Bertz CT molecular complexity index is 463. The number of hydrogen-bond donors (Lipinski definition) is 1. The van der Waals surface area contributed by atoms with Crippen molar-refractivity contribution in [3.05, 3.63) is 48.0 Å². The van der Waals surface area contributed by atoms with Crippen LogP contribution in [0.2, 0.25) is 0 Å². The number of rotatable bonds is 2. The highest BCUT2D eigenvalue weighted by Crippen LogP contribution is 2.11. The third-order valence-corrected chi connectivity index (χ3v) is 2.06. The van der Waals surface area contributed by atoms with Crippen molar-refractivity contribution in [2.45, 2.75) is 6.92 Å². The van der Waals surface area contributed by atoms with Crippen molar-refractivity contribution in [2.24, 2.45) is 0 Å². The predicted molar refractivity (Wildman–Crippen MR) is 55.6 cm³/mol. The quantitative estimate of drug-likeness (QED) is 0.812. The van der Waals surface area contributed by atoms with Gasteiger partial charge in [0.1, 0.15) is 0 Å². The molecule has 0 saturated heterocycles. The van der Waals surface area contributed by atoms with E-state index in [0.717, 1.165) is 5.56 Å². The van der Waals surface area contributed by atoms with Gasteiger partial charge in [0.15, 0.2) is 6.39 Å². The Labute approximate surface area is 86.9 Å². The lowest BCUT2D eigenvalue weighted by Crippen LogP contribution is -2.12. The summed E-state index contributed by atoms with van der Waals surface area (Å²) in [5.41, 5.74) is 1.56. The molecular formula is C11H10N2O2. The first-order valence-corrected chi connectivity index (χ1v) is 4.53. The molecule has 0 radical (unpaired) electrons. The number of nitrogens with one attached hydrogen (secondary N) is 1. The number of aryl methyl sites for hydroxylation is 1. The van der Waals surface area contributed by atoms with Crippen LogP contribution in [-0.4, -0.2) is 10.9 Å². The second-order valence-corrected chi connectivity index (χ2v) is 3.13. The topological polar surface area (TPSA) is 55.1 Å². The molecule has 0 aliphatic carbocycles. The van der Waals surface area contributed by atoms with Crippen LogP contribution in [0.4, 0.5) is 5.88 Å². The minimum absolute atomic E-state index is 0.190. The van der Waals surface area contributed by atoms with Gasteiger partial charge in [0.05, 0.1) is 6.20 Å². The molecule has 15 heavy (non-hydrogen) atoms. The molecule has 1 amide bonds. The maximum absolute atomic E-state index is 11.7. The van der Waals surface area contributed by atoms with Crippen molar-refractivity contribution in [1.82, 2.24) is 4.98 Å². The van der Waals surface area contributed by atoms with Crippen LogP contribution in [0.25, 0.3) is 0 Å². The van der Waals surface area contributed by atoms with Crippen molar-refractivity contribution >= 4 is 11.8 Å². The summed E-state index contributed by atoms with van der Waals surface area (Å²) in [7, 11) is 0. The molecule has 0 bridgehead atoms. The number of nitrogens with zero attached hydrogens (tertiary/aromatic N) is 1. The van der Waals surface area contributed by atoms with Crippen molar-refractivity contribution in [3.8, 4) is 0 Å². The fourth-order valence-corrected chi connectivity index (χ4v) is 1.28. The Hall–Kier alpha value is -2.10. The molecule has 1 heterocycles. The van der Waals surface area contributed by atoms with Crippen molar-refractivity contribution in [2.75, 3.05) is 5.32 Å². The molecule has 0 unspecified atom stereocenters. The highest BCUT2D eigenvalue weighted by Gasteiger charge is 2.09. The number of hydrogen-bond acceptors (Lipinski definition) is 3. The van der Waals surface area contributed by atoms with Gasteiger partial charge in [0.25, 0.3) is 5.91 Å². The van der Waals surface area contributed by atoms with Crippen LogP contribution in [-0.2, 0) is 0 Å². The van der Waals surface area contributed by atoms with E-state index in [0.29, 0.717) is 11.4 Å². The molecule has 1 N–H and O–H groups in total. The summed E-state index contributed by atoms with van der Waals surface area (Å²) in [6, 6.07) is 7.36. The zero-order valence-corrected chi connectivity index (χ0v) is 8.23. The second-order valence-electron chi connectivity index (χ2n) is 3.13. The first-order valence-electron chi connectivity index (χ1n) is 4.53. The maximum atomic E-state index is 11.7. The van der Waals surface area contributed by atoms with E-state index in [4.69, 9.17) is 4.42 Å². The van der Waals surface area contributed by atoms with Gasteiger partial charge >= 0.3 is 0 Å². The molecular weight excluding hydrogens is 192 g/mol. The minimum atomic E-state index is -0.190. The molecule has 4 heteroatoms. The number of amides is 1. The van der Waals surface area contributed by atoms with Crippen molar-refractivity contribution in [3.63, 3.8) is 0 Å². The molecule has 0 saturated carbocycles. The third-order valence-electron chi connectivity index (χ3n) is 2.06. The van der Waals surface area contributed by atoms with E-state index >= 15 is 0 Å². The van der Waals surface area contributed by atoms with Gasteiger partial charge in [-0.3, -0.25) is 10.1 Å². The average molecular weight is 202 g/mol. The molecule has 0 atom stereocenters. The molecule has 0 aliphatic heterocycles. The monoisotopic (exact) mass is 202 g/mol. The molecule has 0 aliphatic rings. The zero-order valence-electron chi connectivity index (χ0n) is 8.23. The Morgan fingerprint density at radius 2 is 2.20 bits per heavy atom. The number of aromatic nitrogens is 1. The van der Waals surface area contributed by atoms with E-state index in [1.165, 1.54) is 12.6 Å². The first kappa shape index (κ1) is 9.45. The molecule has 1 aromatic carbocycles. The lowest BCUT2D eigenvalue weighted by Gasteiger charge is -2.03. The summed E-state index contributed by atoms with van der Waals surface area (Å²) in [5.74, 6) is 0.160. The van der Waals surface area contributed by atoms with Crippen LogP contribution in [0.1, 0.15) is 15.9 Å². The van der Waals surface area contributed by atoms with Gasteiger partial charge < -0.3 is 4.42 Å². The highest BCUT2D eigenvalue weighted by atomic mass is 16.4. The fraction of sp³-hybridized carbons (Fsp3) is 0.0909. The van der Waals surface area contributed by atoms with Crippen LogP contribution < -0.4 is 5.32 Å². The van der Waals surface area contributed by atoms with Crippen LogP contribution in [0.3, 0.4) is 0 Å². The average Bonchev–Trinajstić information content (AvgIpc) is 2.71. The number of carbonyl (C=O) groups is 1. The molecule has 4 nitrogen and oxygen atoms in total. The van der Waals surface area contributed by atoms with E-state index in [-0.39, 0.29) is 5.91 Å². The predicted octanol–water partition coefficient (Wildman–Crippen LogP) is 2.24. The molecule has 2 rings (SSSR count). The van der Waals surface area contributed by atoms with E-state index in [2.05, 4.69) is 10.3 Å². The minimum Gasteiger partial charge on any atom is -0.428 e. The summed E-state index contributed by atoms with van der Waals surface area (Å²) >= 11 is 0. The molecule has 1 aromatic heterocycles. The number of carbonyl (C=O) groups excluding carboxylic acids is 1.